The molecule has 4 aromatic rings. The maximum atomic E-state index is 12.9. The largest absolute Gasteiger partial charge is 0.472 e. The topological polar surface area (TPSA) is 75.4 Å². The van der Waals surface area contributed by atoms with Gasteiger partial charge in [-0.3, -0.25) is 14.9 Å². The third-order valence-electron chi connectivity index (χ3n) is 5.50. The SMILES string of the molecule is O=C(Nc1nc2c(s1)CN(C(=O)Cc1ccc(-c3ccccc3)cc1)CC2)c1ccoc1. The number of nitrogens with one attached hydrogen (secondary N) is 1. The van der Waals surface area contributed by atoms with Gasteiger partial charge in [-0.05, 0) is 22.8 Å². The predicted octanol–water partition coefficient (Wildman–Crippen LogP) is 4.78. The Kier molecular flexibility index (Phi) is 5.56. The molecule has 6 nitrogen and oxygen atoms in total. The molecule has 0 aliphatic carbocycles. The number of nitrogens with zero attached hydrogens (tertiary/aromatic N) is 2. The van der Waals surface area contributed by atoms with Gasteiger partial charge in [0.2, 0.25) is 5.91 Å². The van der Waals surface area contributed by atoms with E-state index in [2.05, 4.69) is 34.6 Å². The van der Waals surface area contributed by atoms with Crippen LogP contribution in [0.4, 0.5) is 5.13 Å². The Morgan fingerprint density at radius 1 is 1.03 bits per heavy atom. The molecule has 2 amide bonds. The van der Waals surface area contributed by atoms with Crippen LogP contribution in [0.1, 0.15) is 26.5 Å². The Balaban J connectivity index is 1.21. The first kappa shape index (κ1) is 20.2. The monoisotopic (exact) mass is 443 g/mol. The minimum Gasteiger partial charge on any atom is -0.472 e. The van der Waals surface area contributed by atoms with Crippen molar-refractivity contribution in [2.24, 2.45) is 0 Å². The fourth-order valence-corrected chi connectivity index (χ4v) is 4.78. The highest BCUT2D eigenvalue weighted by atomic mass is 32.1. The molecular formula is C25H21N3O3S. The third-order valence-corrected chi connectivity index (χ3v) is 6.50. The number of anilines is 1. The van der Waals surface area contributed by atoms with Crippen LogP contribution in [0.3, 0.4) is 0 Å². The first-order chi connectivity index (χ1) is 15.7. The van der Waals surface area contributed by atoms with Gasteiger partial charge in [0.1, 0.15) is 6.26 Å². The maximum absolute atomic E-state index is 12.9. The molecule has 0 saturated carbocycles. The van der Waals surface area contributed by atoms with Gasteiger partial charge in [-0.25, -0.2) is 4.98 Å². The smallest absolute Gasteiger partial charge is 0.260 e. The lowest BCUT2D eigenvalue weighted by molar-refractivity contribution is -0.131. The third kappa shape index (κ3) is 4.33. The number of carbonyl (C=O) groups excluding carboxylic acids is 2. The van der Waals surface area contributed by atoms with Gasteiger partial charge in [0.25, 0.3) is 5.91 Å². The molecule has 0 unspecified atom stereocenters. The molecule has 0 saturated heterocycles. The lowest BCUT2D eigenvalue weighted by Gasteiger charge is -2.26. The summed E-state index contributed by atoms with van der Waals surface area (Å²) < 4.78 is 4.95. The molecule has 7 heteroatoms. The Morgan fingerprint density at radius 3 is 2.56 bits per heavy atom. The van der Waals surface area contributed by atoms with Gasteiger partial charge in [0.05, 0.1) is 30.5 Å². The van der Waals surface area contributed by atoms with Crippen molar-refractivity contribution in [3.8, 4) is 11.1 Å². The van der Waals surface area contributed by atoms with Crippen molar-refractivity contribution >= 4 is 28.3 Å². The first-order valence-electron chi connectivity index (χ1n) is 10.4. The van der Waals surface area contributed by atoms with Crippen LogP contribution in [0, 0.1) is 0 Å². The highest BCUT2D eigenvalue weighted by Crippen LogP contribution is 2.29. The average Bonchev–Trinajstić information content (AvgIpc) is 3.49. The van der Waals surface area contributed by atoms with Crippen molar-refractivity contribution in [2.45, 2.75) is 19.4 Å². The van der Waals surface area contributed by atoms with Crippen molar-refractivity contribution in [3.05, 3.63) is 94.9 Å². The molecule has 1 N–H and O–H groups in total. The quantitative estimate of drug-likeness (QED) is 0.482. The Labute approximate surface area is 189 Å². The number of benzene rings is 2. The Bertz CT molecular complexity index is 1230. The van der Waals surface area contributed by atoms with E-state index in [1.807, 2.05) is 35.2 Å². The molecule has 160 valence electrons. The van der Waals surface area contributed by atoms with Crippen molar-refractivity contribution in [3.63, 3.8) is 0 Å². The molecule has 0 spiro atoms. The number of fused-ring (bicyclic) bond motifs is 1. The molecule has 5 rings (SSSR count). The van der Waals surface area contributed by atoms with Gasteiger partial charge >= 0.3 is 0 Å². The van der Waals surface area contributed by atoms with E-state index in [0.29, 0.717) is 36.6 Å². The van der Waals surface area contributed by atoms with E-state index < -0.39 is 0 Å². The van der Waals surface area contributed by atoms with E-state index >= 15 is 0 Å². The molecule has 0 radical (unpaired) electrons. The van der Waals surface area contributed by atoms with E-state index in [1.165, 1.54) is 23.9 Å². The standard InChI is InChI=1S/C25H21N3O3S/c29-23(14-17-6-8-19(9-7-17)18-4-2-1-3-5-18)28-12-10-21-22(15-28)32-25(26-21)27-24(30)20-11-13-31-16-20/h1-9,11,13,16H,10,12,14-15H2,(H,26,27,30). The number of thiazole rings is 1. The minimum absolute atomic E-state index is 0.0977. The van der Waals surface area contributed by atoms with Crippen molar-refractivity contribution in [1.29, 1.82) is 0 Å². The van der Waals surface area contributed by atoms with Crippen LogP contribution in [0.5, 0.6) is 0 Å². The van der Waals surface area contributed by atoms with Crippen molar-refractivity contribution < 1.29 is 14.0 Å². The second-order valence-corrected chi connectivity index (χ2v) is 8.74. The molecule has 0 atom stereocenters. The summed E-state index contributed by atoms with van der Waals surface area (Å²) in [4.78, 5) is 32.5. The summed E-state index contributed by atoms with van der Waals surface area (Å²) in [7, 11) is 0. The van der Waals surface area contributed by atoms with Crippen LogP contribution in [0.25, 0.3) is 11.1 Å². The molecule has 1 aliphatic heterocycles. The van der Waals surface area contributed by atoms with E-state index in [1.54, 1.807) is 6.07 Å². The van der Waals surface area contributed by atoms with E-state index in [4.69, 9.17) is 4.42 Å². The molecule has 32 heavy (non-hydrogen) atoms. The number of furan rings is 1. The summed E-state index contributed by atoms with van der Waals surface area (Å²) in [5.74, 6) is -0.155. The molecular weight excluding hydrogens is 422 g/mol. The van der Waals surface area contributed by atoms with Gasteiger partial charge in [0, 0.05) is 17.8 Å². The number of hydrogen-bond acceptors (Lipinski definition) is 5. The molecule has 1 aliphatic rings. The zero-order valence-electron chi connectivity index (χ0n) is 17.3. The van der Waals surface area contributed by atoms with Gasteiger partial charge < -0.3 is 9.32 Å². The minimum atomic E-state index is -0.253. The summed E-state index contributed by atoms with van der Waals surface area (Å²) in [6, 6.07) is 20.0. The second kappa shape index (κ2) is 8.80. The Morgan fingerprint density at radius 2 is 1.81 bits per heavy atom. The number of amides is 2. The highest BCUT2D eigenvalue weighted by molar-refractivity contribution is 7.15. The number of hydrogen-bond donors (Lipinski definition) is 1. The lowest BCUT2D eigenvalue weighted by atomic mass is 10.0. The van der Waals surface area contributed by atoms with Crippen LogP contribution in [0.2, 0.25) is 0 Å². The number of carbonyl (C=O) groups is 2. The van der Waals surface area contributed by atoms with Gasteiger partial charge in [0.15, 0.2) is 5.13 Å². The van der Waals surface area contributed by atoms with Crippen LogP contribution in [-0.2, 0) is 24.2 Å². The number of aromatic nitrogens is 1. The van der Waals surface area contributed by atoms with Crippen LogP contribution in [0.15, 0.2) is 77.6 Å². The van der Waals surface area contributed by atoms with E-state index in [0.717, 1.165) is 27.3 Å². The van der Waals surface area contributed by atoms with Gasteiger partial charge in [-0.2, -0.15) is 0 Å². The molecule has 2 aromatic carbocycles. The van der Waals surface area contributed by atoms with E-state index in [-0.39, 0.29) is 11.8 Å². The van der Waals surface area contributed by atoms with Crippen LogP contribution in [-0.4, -0.2) is 28.2 Å². The first-order valence-corrected chi connectivity index (χ1v) is 11.2. The fraction of sp³-hybridized carbons (Fsp3) is 0.160. The van der Waals surface area contributed by atoms with Crippen LogP contribution >= 0.6 is 11.3 Å². The fourth-order valence-electron chi connectivity index (χ4n) is 3.76. The molecule has 2 aromatic heterocycles. The molecule has 3 heterocycles. The summed E-state index contributed by atoms with van der Waals surface area (Å²) in [5, 5.41) is 3.36. The lowest BCUT2D eigenvalue weighted by Crippen LogP contribution is -2.36. The summed E-state index contributed by atoms with van der Waals surface area (Å²) in [5.41, 5.74) is 4.70. The van der Waals surface area contributed by atoms with Crippen LogP contribution < -0.4 is 5.32 Å². The summed E-state index contributed by atoms with van der Waals surface area (Å²) in [6.45, 7) is 1.16. The zero-order chi connectivity index (χ0) is 21.9. The summed E-state index contributed by atoms with van der Waals surface area (Å²) in [6.07, 6.45) is 3.91. The van der Waals surface area contributed by atoms with E-state index in [9.17, 15) is 9.59 Å². The molecule has 0 fully saturated rings. The normalized spacial score (nSPS) is 12.9. The van der Waals surface area contributed by atoms with Crippen molar-refractivity contribution in [1.82, 2.24) is 9.88 Å². The van der Waals surface area contributed by atoms with Gasteiger partial charge in [-0.15, -0.1) is 0 Å². The Hall–Kier alpha value is -3.71. The summed E-state index contributed by atoms with van der Waals surface area (Å²) >= 11 is 1.42. The second-order valence-electron chi connectivity index (χ2n) is 7.66. The predicted molar refractivity (Wildman–Crippen MR) is 123 cm³/mol. The highest BCUT2D eigenvalue weighted by Gasteiger charge is 2.25. The zero-order valence-corrected chi connectivity index (χ0v) is 18.1. The molecule has 0 bridgehead atoms. The van der Waals surface area contributed by atoms with Gasteiger partial charge in [-0.1, -0.05) is 65.9 Å². The average molecular weight is 444 g/mol. The number of rotatable bonds is 5. The van der Waals surface area contributed by atoms with Crippen molar-refractivity contribution in [2.75, 3.05) is 11.9 Å². The maximum Gasteiger partial charge on any atom is 0.260 e.